The first-order valence-corrected chi connectivity index (χ1v) is 6.57. The van der Waals surface area contributed by atoms with Gasteiger partial charge in [-0.3, -0.25) is 4.57 Å². The van der Waals surface area contributed by atoms with Crippen LogP contribution >= 0.6 is 12.2 Å². The molecule has 0 aliphatic carbocycles. The summed E-state index contributed by atoms with van der Waals surface area (Å²) in [6, 6.07) is 10.9. The molecule has 100 valence electrons. The van der Waals surface area contributed by atoms with Crippen LogP contribution in [0.3, 0.4) is 0 Å². The summed E-state index contributed by atoms with van der Waals surface area (Å²) in [4.78, 5) is 7.48. The van der Waals surface area contributed by atoms with Gasteiger partial charge in [0, 0.05) is 6.20 Å². The maximum atomic E-state index is 9.14. The first-order chi connectivity index (χ1) is 10.2. The van der Waals surface area contributed by atoms with E-state index in [9.17, 15) is 0 Å². The number of aromatic nitrogens is 3. The topological polar surface area (TPSA) is 81.2 Å². The van der Waals surface area contributed by atoms with Crippen molar-refractivity contribution in [2.45, 2.75) is 6.92 Å². The molecule has 6 heteroatoms. The van der Waals surface area contributed by atoms with Crippen molar-refractivity contribution in [2.75, 3.05) is 0 Å². The highest BCUT2D eigenvalue weighted by Crippen LogP contribution is 2.21. The van der Waals surface area contributed by atoms with E-state index in [2.05, 4.69) is 9.97 Å². The van der Waals surface area contributed by atoms with Crippen molar-refractivity contribution in [3.63, 3.8) is 0 Å². The fourth-order valence-corrected chi connectivity index (χ4v) is 2.52. The van der Waals surface area contributed by atoms with Crippen molar-refractivity contribution in [3.05, 3.63) is 51.9 Å². The maximum Gasteiger partial charge on any atom is 0.184 e. The van der Waals surface area contributed by atoms with Crippen LogP contribution in [0.2, 0.25) is 0 Å². The molecule has 3 rings (SSSR count). The Morgan fingerprint density at radius 3 is 2.67 bits per heavy atom. The van der Waals surface area contributed by atoms with Crippen molar-refractivity contribution < 1.29 is 0 Å². The molecule has 2 aromatic heterocycles. The molecule has 0 amide bonds. The summed E-state index contributed by atoms with van der Waals surface area (Å²) < 4.78 is 2.26. The van der Waals surface area contributed by atoms with Crippen LogP contribution in [-0.4, -0.2) is 14.5 Å². The first kappa shape index (κ1) is 13.0. The Morgan fingerprint density at radius 2 is 1.95 bits per heavy atom. The third-order valence-electron chi connectivity index (χ3n) is 3.29. The zero-order valence-electron chi connectivity index (χ0n) is 11.1. The predicted octanol–water partition coefficient (Wildman–Crippen LogP) is 3.13. The molecule has 0 radical (unpaired) electrons. The molecule has 0 aliphatic rings. The Balaban J connectivity index is 2.35. The Labute approximate surface area is 125 Å². The molecule has 1 aromatic carbocycles. The minimum Gasteiger partial charge on any atom is -0.329 e. The molecule has 0 atom stereocenters. The van der Waals surface area contributed by atoms with Crippen LogP contribution in [0.25, 0.3) is 16.9 Å². The Hall–Kier alpha value is -2.96. The predicted molar refractivity (Wildman–Crippen MR) is 80.4 cm³/mol. The van der Waals surface area contributed by atoms with E-state index < -0.39 is 0 Å². The number of aryl methyl sites for hydroxylation is 1. The van der Waals surface area contributed by atoms with Crippen LogP contribution in [0, 0.1) is 34.4 Å². The number of pyridine rings is 1. The van der Waals surface area contributed by atoms with E-state index in [4.69, 9.17) is 22.7 Å². The monoisotopic (exact) mass is 291 g/mol. The third kappa shape index (κ3) is 1.99. The van der Waals surface area contributed by atoms with Crippen LogP contribution in [0.15, 0.2) is 30.5 Å². The highest BCUT2D eigenvalue weighted by molar-refractivity contribution is 7.71. The number of nitriles is 2. The molecule has 0 unspecified atom stereocenters. The van der Waals surface area contributed by atoms with Crippen molar-refractivity contribution in [1.29, 1.82) is 10.5 Å². The average molecular weight is 291 g/mol. The number of benzene rings is 1. The zero-order valence-corrected chi connectivity index (χ0v) is 11.9. The second-order valence-electron chi connectivity index (χ2n) is 4.55. The van der Waals surface area contributed by atoms with Crippen molar-refractivity contribution in [2.24, 2.45) is 0 Å². The standard InChI is InChI=1S/C15H9N5S/c1-9-4-5-18-14-13(9)19-15(21)20(14)12-3-2-10(7-16)11(6-12)8-17/h2-6H,1H3,(H,19,21). The van der Waals surface area contributed by atoms with Crippen molar-refractivity contribution >= 4 is 23.4 Å². The third-order valence-corrected chi connectivity index (χ3v) is 3.57. The molecule has 21 heavy (non-hydrogen) atoms. The minimum atomic E-state index is 0.318. The van der Waals surface area contributed by atoms with Gasteiger partial charge in [0.15, 0.2) is 10.4 Å². The highest BCUT2D eigenvalue weighted by atomic mass is 32.1. The average Bonchev–Trinajstić information content (AvgIpc) is 2.84. The summed E-state index contributed by atoms with van der Waals surface area (Å²) in [5.74, 6) is 0. The molecule has 0 fully saturated rings. The number of nitrogens with one attached hydrogen (secondary N) is 1. The van der Waals surface area contributed by atoms with Crippen LogP contribution < -0.4 is 0 Å². The number of imidazole rings is 1. The Morgan fingerprint density at radius 1 is 1.19 bits per heavy atom. The number of hydrogen-bond donors (Lipinski definition) is 1. The van der Waals surface area contributed by atoms with Gasteiger partial charge >= 0.3 is 0 Å². The second-order valence-corrected chi connectivity index (χ2v) is 4.93. The van der Waals surface area contributed by atoms with Gasteiger partial charge in [-0.25, -0.2) is 4.98 Å². The van der Waals surface area contributed by atoms with Gasteiger partial charge in [0.05, 0.1) is 22.3 Å². The first-order valence-electron chi connectivity index (χ1n) is 6.16. The Kier molecular flexibility index (Phi) is 3.02. The highest BCUT2D eigenvalue weighted by Gasteiger charge is 2.11. The van der Waals surface area contributed by atoms with Gasteiger partial charge in [-0.2, -0.15) is 10.5 Å². The lowest BCUT2D eigenvalue weighted by atomic mass is 10.1. The van der Waals surface area contributed by atoms with E-state index in [1.165, 1.54) is 0 Å². The molecule has 1 N–H and O–H groups in total. The summed E-state index contributed by atoms with van der Waals surface area (Å²) in [7, 11) is 0. The number of rotatable bonds is 1. The fourth-order valence-electron chi connectivity index (χ4n) is 2.23. The van der Waals surface area contributed by atoms with E-state index in [1.54, 1.807) is 29.0 Å². The lowest BCUT2D eigenvalue weighted by Gasteiger charge is -2.05. The lowest BCUT2D eigenvalue weighted by Crippen LogP contribution is -1.97. The van der Waals surface area contributed by atoms with Crippen LogP contribution in [0.1, 0.15) is 16.7 Å². The summed E-state index contributed by atoms with van der Waals surface area (Å²) in [6.45, 7) is 1.97. The number of nitrogens with zero attached hydrogens (tertiary/aromatic N) is 4. The summed E-state index contributed by atoms with van der Waals surface area (Å²) in [5, 5.41) is 18.1. The maximum absolute atomic E-state index is 9.14. The largest absolute Gasteiger partial charge is 0.329 e. The van der Waals surface area contributed by atoms with E-state index in [1.807, 2.05) is 25.1 Å². The number of fused-ring (bicyclic) bond motifs is 1. The molecule has 0 aliphatic heterocycles. The molecule has 5 nitrogen and oxygen atoms in total. The smallest absolute Gasteiger partial charge is 0.184 e. The molecule has 0 saturated heterocycles. The van der Waals surface area contributed by atoms with Gasteiger partial charge in [-0.15, -0.1) is 0 Å². The number of H-pyrrole nitrogens is 1. The van der Waals surface area contributed by atoms with Crippen LogP contribution in [0.5, 0.6) is 0 Å². The molecule has 3 aromatic rings. The van der Waals surface area contributed by atoms with E-state index >= 15 is 0 Å². The SMILES string of the molecule is Cc1ccnc2c1[nH]c(=S)n2-c1ccc(C#N)c(C#N)c1. The summed E-state index contributed by atoms with van der Waals surface area (Å²) >= 11 is 5.35. The van der Waals surface area contributed by atoms with Gasteiger partial charge in [0.1, 0.15) is 12.1 Å². The van der Waals surface area contributed by atoms with Gasteiger partial charge < -0.3 is 4.98 Å². The molecular formula is C15H9N5S. The van der Waals surface area contributed by atoms with Crippen LogP contribution in [0.4, 0.5) is 0 Å². The number of aromatic amines is 1. The van der Waals surface area contributed by atoms with Crippen molar-refractivity contribution in [1.82, 2.24) is 14.5 Å². The molecule has 2 heterocycles. The van der Waals surface area contributed by atoms with Crippen LogP contribution in [-0.2, 0) is 0 Å². The van der Waals surface area contributed by atoms with Gasteiger partial charge in [0.2, 0.25) is 0 Å². The quantitative estimate of drug-likeness (QED) is 0.698. The molecule has 0 spiro atoms. The molecule has 0 bridgehead atoms. The minimum absolute atomic E-state index is 0.318. The van der Waals surface area contributed by atoms with E-state index in [0.29, 0.717) is 27.2 Å². The Bertz CT molecular complexity index is 998. The summed E-state index contributed by atoms with van der Waals surface area (Å²) in [5.41, 5.74) is 3.98. The number of hydrogen-bond acceptors (Lipinski definition) is 4. The normalized spacial score (nSPS) is 10.2. The molecule has 0 saturated carbocycles. The fraction of sp³-hybridized carbons (Fsp3) is 0.0667. The van der Waals surface area contributed by atoms with Crippen molar-refractivity contribution in [3.8, 4) is 17.8 Å². The lowest BCUT2D eigenvalue weighted by molar-refractivity contribution is 1.04. The van der Waals surface area contributed by atoms with Gasteiger partial charge in [-0.1, -0.05) is 0 Å². The zero-order chi connectivity index (χ0) is 15.0. The second kappa shape index (κ2) is 4.86. The molecular weight excluding hydrogens is 282 g/mol. The van der Waals surface area contributed by atoms with Gasteiger partial charge in [-0.05, 0) is 49.0 Å². The van der Waals surface area contributed by atoms with Gasteiger partial charge in [0.25, 0.3) is 0 Å². The van der Waals surface area contributed by atoms with E-state index in [0.717, 1.165) is 11.1 Å². The summed E-state index contributed by atoms with van der Waals surface area (Å²) in [6.07, 6.45) is 1.71. The van der Waals surface area contributed by atoms with E-state index in [-0.39, 0.29) is 0 Å².